The molecule has 2 fully saturated rings. The van der Waals surface area contributed by atoms with E-state index in [2.05, 4.69) is 14.7 Å². The molecule has 0 saturated carbocycles. The summed E-state index contributed by atoms with van der Waals surface area (Å²) >= 11 is 0. The molecule has 5 atom stereocenters. The molecule has 234 valence electrons. The van der Waals surface area contributed by atoms with Crippen molar-refractivity contribution in [2.45, 2.75) is 62.5 Å². The third-order valence-corrected chi connectivity index (χ3v) is 6.96. The fourth-order valence-electron chi connectivity index (χ4n) is 4.53. The predicted molar refractivity (Wildman–Crippen MR) is 130 cm³/mol. The van der Waals surface area contributed by atoms with Crippen LogP contribution in [0.15, 0.2) is 11.5 Å². The number of nitrogens with one attached hydrogen (secondary N) is 1. The van der Waals surface area contributed by atoms with Crippen LogP contribution in [0.3, 0.4) is 0 Å². The molecule has 0 aromatic rings. The van der Waals surface area contributed by atoms with Crippen molar-refractivity contribution >= 4 is 43.8 Å². The zero-order valence-corrected chi connectivity index (χ0v) is 22.8. The van der Waals surface area contributed by atoms with E-state index in [1.807, 2.05) is 0 Å². The Morgan fingerprint density at radius 2 is 1.81 bits per heavy atom. The van der Waals surface area contributed by atoms with Crippen molar-refractivity contribution in [2.24, 2.45) is 0 Å². The Kier molecular flexibility index (Phi) is 11.0. The lowest BCUT2D eigenvalue weighted by molar-refractivity contribution is -0.160. The van der Waals surface area contributed by atoms with Crippen LogP contribution in [0.25, 0.3) is 0 Å². The van der Waals surface area contributed by atoms with Gasteiger partial charge >= 0.3 is 25.7 Å². The first kappa shape index (κ1) is 32.9. The van der Waals surface area contributed by atoms with E-state index < -0.39 is 105 Å². The van der Waals surface area contributed by atoms with Gasteiger partial charge in [0, 0.05) is 13.1 Å². The van der Waals surface area contributed by atoms with Crippen LogP contribution >= 0.6 is 7.82 Å². The van der Waals surface area contributed by atoms with E-state index >= 15 is 0 Å². The molecular formula is C22H30N3O16P. The minimum absolute atomic E-state index is 0.183. The molecule has 3 heterocycles. The number of nitrogens with zero attached hydrogens (tertiary/aromatic N) is 2. The lowest BCUT2D eigenvalue weighted by Gasteiger charge is -2.30. The number of amides is 2. The number of aliphatic hydroxyl groups excluding tert-OH is 3. The van der Waals surface area contributed by atoms with E-state index in [0.717, 1.165) is 0 Å². The standard InChI is InChI=1S/C22H30N3O16P/c26-9-12-13(27)5-7-25(12)21(33)11-2-1-6-24(11)15(29)8-23-40-17(31)4-3-16(30)38-10-14(28)19-18(32)20(22(34)39-19)41-42(35,36)37/h9,11-14,19,23,27-28,32H,1-8,10H2,(H2,35,36,37). The second kappa shape index (κ2) is 14.0. The molecule has 6 N–H and O–H groups in total. The van der Waals surface area contributed by atoms with Gasteiger partial charge in [-0.3, -0.25) is 29.0 Å². The van der Waals surface area contributed by atoms with Crippen LogP contribution in [0.1, 0.15) is 32.1 Å². The van der Waals surface area contributed by atoms with Crippen molar-refractivity contribution in [1.82, 2.24) is 15.3 Å². The molecule has 0 aromatic carbocycles. The average molecular weight is 623 g/mol. The normalized spacial score (nSPS) is 24.8. The summed E-state index contributed by atoms with van der Waals surface area (Å²) in [6, 6.07) is -1.81. The zero-order chi connectivity index (χ0) is 31.2. The summed E-state index contributed by atoms with van der Waals surface area (Å²) in [6.07, 6.45) is -4.08. The number of hydrogen-bond acceptors (Lipinski definition) is 15. The Hall–Kier alpha value is -3.61. The van der Waals surface area contributed by atoms with Crippen molar-refractivity contribution in [3.8, 4) is 0 Å². The van der Waals surface area contributed by atoms with Gasteiger partial charge in [-0.05, 0) is 19.3 Å². The number of ether oxygens (including phenoxy) is 2. The second-order valence-corrected chi connectivity index (χ2v) is 10.6. The predicted octanol–water partition coefficient (Wildman–Crippen LogP) is -3.33. The van der Waals surface area contributed by atoms with E-state index in [9.17, 15) is 48.7 Å². The van der Waals surface area contributed by atoms with Crippen molar-refractivity contribution in [1.29, 1.82) is 0 Å². The molecule has 0 bridgehead atoms. The number of cyclic esters (lactones) is 1. The molecule has 3 rings (SSSR count). The van der Waals surface area contributed by atoms with Gasteiger partial charge in [-0.25, -0.2) is 9.36 Å². The third kappa shape index (κ3) is 8.24. The van der Waals surface area contributed by atoms with E-state index in [4.69, 9.17) is 19.4 Å². The van der Waals surface area contributed by atoms with Gasteiger partial charge in [-0.15, -0.1) is 5.48 Å². The van der Waals surface area contributed by atoms with Crippen LogP contribution in [0, 0.1) is 0 Å². The van der Waals surface area contributed by atoms with Crippen molar-refractivity contribution < 1.29 is 77.3 Å². The topological polar surface area (TPSA) is 276 Å². The number of rotatable bonds is 13. The van der Waals surface area contributed by atoms with Crippen LogP contribution in [0.5, 0.6) is 0 Å². The second-order valence-electron chi connectivity index (χ2n) is 9.43. The SMILES string of the molecule is O=CC1C(O)CCN1C(=O)C1CCCN1C(=O)CNOC(=O)CCC(=O)OCC(O)C1OC(=O)C(OP(=O)(O)O)=C1O. The maximum atomic E-state index is 12.9. The number of esters is 2. The number of phosphoric acid groups is 1. The minimum atomic E-state index is -5.22. The third-order valence-electron chi connectivity index (χ3n) is 6.54. The largest absolute Gasteiger partial charge is 0.525 e. The summed E-state index contributed by atoms with van der Waals surface area (Å²) in [5.41, 5.74) is 2.16. The monoisotopic (exact) mass is 623 g/mol. The Morgan fingerprint density at radius 3 is 2.48 bits per heavy atom. The van der Waals surface area contributed by atoms with Crippen LogP contribution in [-0.4, -0.2) is 128 Å². The molecule has 20 heteroatoms. The number of likely N-dealkylation sites (tertiary alicyclic amines) is 2. The van der Waals surface area contributed by atoms with E-state index in [0.29, 0.717) is 19.1 Å². The highest BCUT2D eigenvalue weighted by Gasteiger charge is 2.44. The van der Waals surface area contributed by atoms with Crippen LogP contribution in [0.2, 0.25) is 0 Å². The van der Waals surface area contributed by atoms with Gasteiger partial charge in [-0.2, -0.15) is 0 Å². The lowest BCUT2D eigenvalue weighted by Crippen LogP contribution is -2.52. The summed E-state index contributed by atoms with van der Waals surface area (Å²) < 4.78 is 24.1. The van der Waals surface area contributed by atoms with Crippen molar-refractivity contribution in [3.05, 3.63) is 11.5 Å². The molecule has 0 aliphatic carbocycles. The number of phosphoric ester groups is 1. The molecule has 0 spiro atoms. The fraction of sp³-hybridized carbons (Fsp3) is 0.636. The Labute approximate surface area is 237 Å². The summed E-state index contributed by atoms with van der Waals surface area (Å²) in [6.45, 7) is -0.888. The van der Waals surface area contributed by atoms with Gasteiger partial charge in [0.25, 0.3) is 5.76 Å². The number of aliphatic hydroxyl groups is 3. The molecule has 3 aliphatic rings. The van der Waals surface area contributed by atoms with E-state index in [1.54, 1.807) is 0 Å². The van der Waals surface area contributed by atoms with Gasteiger partial charge in [-0.1, -0.05) is 0 Å². The maximum Gasteiger partial charge on any atom is 0.525 e. The fourth-order valence-corrected chi connectivity index (χ4v) is 4.93. The van der Waals surface area contributed by atoms with E-state index in [-0.39, 0.29) is 19.5 Å². The molecule has 0 radical (unpaired) electrons. The molecule has 2 amide bonds. The van der Waals surface area contributed by atoms with Gasteiger partial charge < -0.3 is 48.7 Å². The summed E-state index contributed by atoms with van der Waals surface area (Å²) in [4.78, 5) is 96.9. The first-order valence-corrected chi connectivity index (χ1v) is 14.1. The molecule has 0 aromatic heterocycles. The van der Waals surface area contributed by atoms with Gasteiger partial charge in [0.15, 0.2) is 11.9 Å². The van der Waals surface area contributed by atoms with E-state index in [1.165, 1.54) is 9.80 Å². The summed E-state index contributed by atoms with van der Waals surface area (Å²) in [7, 11) is -5.22. The Balaban J connectivity index is 1.36. The smallest absolute Gasteiger partial charge is 0.505 e. The molecular weight excluding hydrogens is 593 g/mol. The highest BCUT2D eigenvalue weighted by Crippen LogP contribution is 2.42. The number of carbonyl (C=O) groups excluding carboxylic acids is 6. The Morgan fingerprint density at radius 1 is 1.12 bits per heavy atom. The van der Waals surface area contributed by atoms with Crippen LogP contribution in [-0.2, 0) is 52.2 Å². The van der Waals surface area contributed by atoms with Crippen molar-refractivity contribution in [3.63, 3.8) is 0 Å². The van der Waals surface area contributed by atoms with Gasteiger partial charge in [0.05, 0.1) is 18.9 Å². The zero-order valence-electron chi connectivity index (χ0n) is 21.9. The quantitative estimate of drug-likeness (QED) is 0.0385. The van der Waals surface area contributed by atoms with Gasteiger partial charge in [0.1, 0.15) is 37.6 Å². The number of carbonyl (C=O) groups is 6. The molecule has 2 saturated heterocycles. The highest BCUT2D eigenvalue weighted by atomic mass is 31.2. The highest BCUT2D eigenvalue weighted by molar-refractivity contribution is 7.46. The summed E-state index contributed by atoms with van der Waals surface area (Å²) in [5.74, 6) is -6.79. The molecule has 19 nitrogen and oxygen atoms in total. The van der Waals surface area contributed by atoms with Gasteiger partial charge in [0.2, 0.25) is 11.8 Å². The van der Waals surface area contributed by atoms with Crippen molar-refractivity contribution in [2.75, 3.05) is 26.2 Å². The minimum Gasteiger partial charge on any atom is -0.505 e. The molecule has 5 unspecified atom stereocenters. The number of hydrogen-bond donors (Lipinski definition) is 6. The van der Waals surface area contributed by atoms with Crippen LogP contribution in [0.4, 0.5) is 0 Å². The number of hydroxylamine groups is 1. The maximum absolute atomic E-state index is 12.9. The molecule has 42 heavy (non-hydrogen) atoms. The Bertz CT molecular complexity index is 1170. The molecule has 3 aliphatic heterocycles. The number of aldehydes is 1. The first-order valence-electron chi connectivity index (χ1n) is 12.6. The summed E-state index contributed by atoms with van der Waals surface area (Å²) in [5, 5.41) is 29.7. The first-order chi connectivity index (χ1) is 19.7. The van der Waals surface area contributed by atoms with Crippen LogP contribution < -0.4 is 5.48 Å². The average Bonchev–Trinajstić information content (AvgIpc) is 3.63. The lowest BCUT2D eigenvalue weighted by atomic mass is 10.1.